The molecule has 2 aliphatic rings. The zero-order chi connectivity index (χ0) is 14.5. The van der Waals surface area contributed by atoms with Crippen molar-refractivity contribution in [2.45, 2.75) is 63.3 Å². The number of piperidine rings is 1. The molecule has 2 fully saturated rings. The molecule has 118 valence electrons. The van der Waals surface area contributed by atoms with Crippen molar-refractivity contribution >= 4 is 0 Å². The van der Waals surface area contributed by atoms with Crippen LogP contribution in [0.4, 0.5) is 0 Å². The van der Waals surface area contributed by atoms with Gasteiger partial charge < -0.3 is 9.64 Å². The Kier molecular flexibility index (Phi) is 5.25. The molecule has 1 saturated carbocycles. The summed E-state index contributed by atoms with van der Waals surface area (Å²) in [6.07, 6.45) is 10.3. The van der Waals surface area contributed by atoms with Gasteiger partial charge in [0.2, 0.25) is 0 Å². The Hall–Kier alpha value is -0.940. The fourth-order valence-electron chi connectivity index (χ4n) is 3.77. The second-order valence-corrected chi connectivity index (χ2v) is 6.49. The molecule has 1 aromatic rings. The molecule has 2 heterocycles. The van der Waals surface area contributed by atoms with Crippen LogP contribution in [0.2, 0.25) is 0 Å². The van der Waals surface area contributed by atoms with Gasteiger partial charge >= 0.3 is 0 Å². The Balaban J connectivity index is 1.49. The number of nitrogens with zero attached hydrogens (tertiary/aromatic N) is 3. The maximum atomic E-state index is 5.09. The second-order valence-electron chi connectivity index (χ2n) is 6.49. The second kappa shape index (κ2) is 7.36. The summed E-state index contributed by atoms with van der Waals surface area (Å²) in [5, 5.41) is 7.48. The Morgan fingerprint density at radius 2 is 1.90 bits per heavy atom. The van der Waals surface area contributed by atoms with E-state index in [0.717, 1.165) is 24.1 Å². The Bertz CT molecular complexity index is 420. The minimum Gasteiger partial charge on any atom is -0.384 e. The van der Waals surface area contributed by atoms with Crippen molar-refractivity contribution in [1.29, 1.82) is 0 Å². The van der Waals surface area contributed by atoms with E-state index in [2.05, 4.69) is 20.1 Å². The lowest BCUT2D eigenvalue weighted by atomic mass is 9.90. The van der Waals surface area contributed by atoms with Gasteiger partial charge in [0, 0.05) is 25.5 Å². The zero-order valence-electron chi connectivity index (χ0n) is 13.2. The maximum Gasteiger partial charge on any atom is 0.153 e. The molecule has 5 heteroatoms. The normalized spacial score (nSPS) is 22.7. The first-order valence-electron chi connectivity index (χ1n) is 8.51. The van der Waals surface area contributed by atoms with Crippen molar-refractivity contribution < 1.29 is 4.74 Å². The summed E-state index contributed by atoms with van der Waals surface area (Å²) in [7, 11) is 1.72. The van der Waals surface area contributed by atoms with Crippen molar-refractivity contribution in [2.75, 3.05) is 26.8 Å². The van der Waals surface area contributed by atoms with Gasteiger partial charge in [-0.1, -0.05) is 19.3 Å². The summed E-state index contributed by atoms with van der Waals surface area (Å²) in [6, 6.07) is 0.851. The highest BCUT2D eigenvalue weighted by Crippen LogP contribution is 2.30. The lowest BCUT2D eigenvalue weighted by Crippen LogP contribution is -2.42. The van der Waals surface area contributed by atoms with Crippen molar-refractivity contribution in [3.63, 3.8) is 0 Å². The molecule has 1 N–H and O–H groups in total. The molecule has 21 heavy (non-hydrogen) atoms. The van der Waals surface area contributed by atoms with Gasteiger partial charge in [-0.15, -0.1) is 0 Å². The quantitative estimate of drug-likeness (QED) is 0.906. The van der Waals surface area contributed by atoms with Crippen molar-refractivity contribution in [2.24, 2.45) is 0 Å². The smallest absolute Gasteiger partial charge is 0.153 e. The lowest BCUT2D eigenvalue weighted by molar-refractivity contribution is 0.120. The standard InChI is InChI=1S/C16H28N4O/c1-21-12-9-15-17-16(19-18-15)13-7-10-20(11-8-13)14-5-3-2-4-6-14/h13-14H,2-12H2,1H3,(H,17,18,19). The van der Waals surface area contributed by atoms with Gasteiger partial charge in [-0.25, -0.2) is 4.98 Å². The molecule has 0 atom stereocenters. The first-order chi connectivity index (χ1) is 10.4. The van der Waals surface area contributed by atoms with Gasteiger partial charge in [-0.2, -0.15) is 5.10 Å². The van der Waals surface area contributed by atoms with Crippen LogP contribution in [-0.4, -0.2) is 52.9 Å². The number of aromatic amines is 1. The molecule has 0 spiro atoms. The largest absolute Gasteiger partial charge is 0.384 e. The van der Waals surface area contributed by atoms with E-state index >= 15 is 0 Å². The fourth-order valence-corrected chi connectivity index (χ4v) is 3.77. The minimum atomic E-state index is 0.539. The van der Waals surface area contributed by atoms with E-state index in [1.807, 2.05) is 0 Å². The van der Waals surface area contributed by atoms with E-state index in [4.69, 9.17) is 4.74 Å². The first-order valence-corrected chi connectivity index (χ1v) is 8.51. The number of aromatic nitrogens is 3. The molecule has 1 aliphatic carbocycles. The van der Waals surface area contributed by atoms with Gasteiger partial charge in [-0.05, 0) is 38.8 Å². The van der Waals surface area contributed by atoms with Gasteiger partial charge in [0.25, 0.3) is 0 Å². The number of methoxy groups -OCH3 is 1. The molecule has 0 unspecified atom stereocenters. The van der Waals surface area contributed by atoms with Crippen LogP contribution in [0.1, 0.15) is 62.5 Å². The molecular weight excluding hydrogens is 264 g/mol. The number of likely N-dealkylation sites (tertiary alicyclic amines) is 1. The summed E-state index contributed by atoms with van der Waals surface area (Å²) in [4.78, 5) is 7.36. The molecule has 1 aromatic heterocycles. The number of hydrogen-bond donors (Lipinski definition) is 1. The van der Waals surface area contributed by atoms with Crippen LogP contribution < -0.4 is 0 Å². The number of H-pyrrole nitrogens is 1. The summed E-state index contributed by atoms with van der Waals surface area (Å²) >= 11 is 0. The number of rotatable bonds is 5. The van der Waals surface area contributed by atoms with E-state index in [9.17, 15) is 0 Å². The topological polar surface area (TPSA) is 54.0 Å². The average Bonchev–Trinajstić information content (AvgIpc) is 3.03. The highest BCUT2D eigenvalue weighted by Gasteiger charge is 2.28. The van der Waals surface area contributed by atoms with Crippen molar-refractivity contribution in [3.05, 3.63) is 11.6 Å². The van der Waals surface area contributed by atoms with E-state index < -0.39 is 0 Å². The Labute approximate surface area is 127 Å². The van der Waals surface area contributed by atoms with Crippen molar-refractivity contribution in [3.8, 4) is 0 Å². The van der Waals surface area contributed by atoms with E-state index in [1.54, 1.807) is 7.11 Å². The SMILES string of the molecule is COCCc1nc(C2CCN(C3CCCCC3)CC2)n[nH]1. The molecule has 5 nitrogen and oxygen atoms in total. The fraction of sp³-hybridized carbons (Fsp3) is 0.875. The number of ether oxygens (including phenoxy) is 1. The molecule has 0 aromatic carbocycles. The molecule has 0 bridgehead atoms. The first kappa shape index (κ1) is 15.0. The van der Waals surface area contributed by atoms with E-state index in [1.165, 1.54) is 58.0 Å². The van der Waals surface area contributed by atoms with Gasteiger partial charge in [0.1, 0.15) is 5.82 Å². The van der Waals surface area contributed by atoms with E-state index in [-0.39, 0.29) is 0 Å². The monoisotopic (exact) mass is 292 g/mol. The summed E-state index contributed by atoms with van der Waals surface area (Å²) < 4.78 is 5.09. The third-order valence-corrected chi connectivity index (χ3v) is 5.08. The maximum absolute atomic E-state index is 5.09. The lowest BCUT2D eigenvalue weighted by Gasteiger charge is -2.38. The molecular formula is C16H28N4O. The zero-order valence-corrected chi connectivity index (χ0v) is 13.2. The average molecular weight is 292 g/mol. The predicted molar refractivity (Wildman–Crippen MR) is 82.4 cm³/mol. The van der Waals surface area contributed by atoms with Crippen LogP contribution in [0.15, 0.2) is 0 Å². The summed E-state index contributed by atoms with van der Waals surface area (Å²) in [5.74, 6) is 2.52. The van der Waals surface area contributed by atoms with Crippen LogP contribution in [0.3, 0.4) is 0 Å². The minimum absolute atomic E-state index is 0.539. The summed E-state index contributed by atoms with van der Waals surface area (Å²) in [5.41, 5.74) is 0. The van der Waals surface area contributed by atoms with Crippen LogP contribution in [0.5, 0.6) is 0 Å². The number of nitrogens with one attached hydrogen (secondary N) is 1. The van der Waals surface area contributed by atoms with Gasteiger partial charge in [0.05, 0.1) is 6.61 Å². The highest BCUT2D eigenvalue weighted by atomic mass is 16.5. The molecule has 0 amide bonds. The Morgan fingerprint density at radius 1 is 1.14 bits per heavy atom. The van der Waals surface area contributed by atoms with Gasteiger partial charge in [-0.3, -0.25) is 5.10 Å². The third-order valence-electron chi connectivity index (χ3n) is 5.08. The predicted octanol–water partition coefficient (Wildman–Crippen LogP) is 2.51. The highest BCUT2D eigenvalue weighted by molar-refractivity contribution is 5.00. The van der Waals surface area contributed by atoms with Crippen LogP contribution >= 0.6 is 0 Å². The molecule has 1 saturated heterocycles. The summed E-state index contributed by atoms with van der Waals surface area (Å²) in [6.45, 7) is 3.14. The van der Waals surface area contributed by atoms with Gasteiger partial charge in [0.15, 0.2) is 5.82 Å². The van der Waals surface area contributed by atoms with Crippen LogP contribution in [0.25, 0.3) is 0 Å². The van der Waals surface area contributed by atoms with Crippen LogP contribution in [-0.2, 0) is 11.2 Å². The Morgan fingerprint density at radius 3 is 2.62 bits per heavy atom. The van der Waals surface area contributed by atoms with E-state index in [0.29, 0.717) is 12.5 Å². The van der Waals surface area contributed by atoms with Crippen molar-refractivity contribution in [1.82, 2.24) is 20.1 Å². The molecule has 3 rings (SSSR count). The molecule has 1 aliphatic heterocycles. The molecule has 0 radical (unpaired) electrons. The third kappa shape index (κ3) is 3.83. The van der Waals surface area contributed by atoms with Crippen LogP contribution in [0, 0.1) is 0 Å². The number of hydrogen-bond acceptors (Lipinski definition) is 4.